The van der Waals surface area contributed by atoms with Crippen molar-refractivity contribution < 1.29 is 9.72 Å². The minimum absolute atomic E-state index is 0.0553. The summed E-state index contributed by atoms with van der Waals surface area (Å²) in [7, 11) is 0. The fraction of sp³-hybridized carbons (Fsp3) is 0.364. The minimum atomic E-state index is -0.595. The molecule has 7 nitrogen and oxygen atoms in total. The van der Waals surface area contributed by atoms with Gasteiger partial charge in [-0.15, -0.1) is 0 Å². The normalized spacial score (nSPS) is 14.9. The molecule has 0 spiro atoms. The quantitative estimate of drug-likeness (QED) is 0.399. The van der Waals surface area contributed by atoms with Crippen LogP contribution in [0.4, 0.5) is 11.4 Å². The van der Waals surface area contributed by atoms with Crippen LogP contribution in [-0.4, -0.2) is 30.5 Å². The van der Waals surface area contributed by atoms with Crippen molar-refractivity contribution in [2.24, 2.45) is 5.92 Å². The van der Waals surface area contributed by atoms with Gasteiger partial charge in [-0.2, -0.15) is 0 Å². The fourth-order valence-electron chi connectivity index (χ4n) is 1.67. The van der Waals surface area contributed by atoms with Crippen molar-refractivity contribution in [2.75, 3.05) is 25.4 Å². The Kier molecular flexibility index (Phi) is 3.42. The summed E-state index contributed by atoms with van der Waals surface area (Å²) in [4.78, 5) is 21.9. The third kappa shape index (κ3) is 2.57. The maximum Gasteiger partial charge on any atom is 0.292 e. The van der Waals surface area contributed by atoms with Crippen LogP contribution < -0.4 is 16.4 Å². The molecule has 0 aromatic heterocycles. The molecular weight excluding hydrogens is 236 g/mol. The number of nitrogen functional groups attached to an aromatic ring is 1. The van der Waals surface area contributed by atoms with E-state index in [1.165, 1.54) is 18.2 Å². The van der Waals surface area contributed by atoms with Gasteiger partial charge in [0.05, 0.1) is 4.92 Å². The largest absolute Gasteiger partial charge is 0.393 e. The zero-order valence-electron chi connectivity index (χ0n) is 9.68. The predicted molar refractivity (Wildman–Crippen MR) is 66.2 cm³/mol. The second kappa shape index (κ2) is 5.01. The smallest absolute Gasteiger partial charge is 0.292 e. The van der Waals surface area contributed by atoms with Crippen molar-refractivity contribution in [2.45, 2.75) is 0 Å². The minimum Gasteiger partial charge on any atom is -0.393 e. The summed E-state index contributed by atoms with van der Waals surface area (Å²) in [6.07, 6.45) is 0. The molecule has 2 rings (SSSR count). The molecule has 0 saturated carbocycles. The third-order valence-electron chi connectivity index (χ3n) is 2.91. The molecule has 1 fully saturated rings. The first-order valence-electron chi connectivity index (χ1n) is 5.60. The van der Waals surface area contributed by atoms with Crippen LogP contribution in [0.15, 0.2) is 18.2 Å². The van der Waals surface area contributed by atoms with Crippen LogP contribution in [0.3, 0.4) is 0 Å². The highest BCUT2D eigenvalue weighted by molar-refractivity contribution is 5.95. The van der Waals surface area contributed by atoms with Gasteiger partial charge in [-0.05, 0) is 12.1 Å². The second-order valence-corrected chi connectivity index (χ2v) is 4.27. The molecule has 1 aromatic carbocycles. The van der Waals surface area contributed by atoms with Crippen LogP contribution in [-0.2, 0) is 0 Å². The number of hydrogen-bond donors (Lipinski definition) is 3. The third-order valence-corrected chi connectivity index (χ3v) is 2.91. The van der Waals surface area contributed by atoms with Gasteiger partial charge in [0.2, 0.25) is 0 Å². The average molecular weight is 250 g/mol. The summed E-state index contributed by atoms with van der Waals surface area (Å²) in [6.45, 7) is 2.36. The molecule has 1 aliphatic heterocycles. The summed E-state index contributed by atoms with van der Waals surface area (Å²) in [6, 6.07) is 4.05. The lowest BCUT2D eigenvalue weighted by Gasteiger charge is -2.27. The number of anilines is 1. The Morgan fingerprint density at radius 1 is 1.56 bits per heavy atom. The number of nitro groups is 1. The first kappa shape index (κ1) is 12.3. The molecule has 96 valence electrons. The van der Waals surface area contributed by atoms with E-state index in [9.17, 15) is 14.9 Å². The Bertz CT molecular complexity index is 485. The zero-order chi connectivity index (χ0) is 13.1. The SMILES string of the molecule is Nc1ccc(C(=O)NCC2CNC2)cc1[N+](=O)[O-]. The van der Waals surface area contributed by atoms with E-state index in [4.69, 9.17) is 5.73 Å². The number of nitrogens with zero attached hydrogens (tertiary/aromatic N) is 1. The maximum absolute atomic E-state index is 11.8. The number of nitrogens with one attached hydrogen (secondary N) is 2. The molecule has 7 heteroatoms. The molecule has 1 saturated heterocycles. The molecule has 0 aliphatic carbocycles. The van der Waals surface area contributed by atoms with Crippen LogP contribution >= 0.6 is 0 Å². The highest BCUT2D eigenvalue weighted by Gasteiger charge is 2.19. The van der Waals surface area contributed by atoms with Gasteiger partial charge in [-0.25, -0.2) is 0 Å². The number of amides is 1. The molecule has 1 heterocycles. The Balaban J connectivity index is 2.04. The summed E-state index contributed by atoms with van der Waals surface area (Å²) < 4.78 is 0. The summed E-state index contributed by atoms with van der Waals surface area (Å²) in [5.41, 5.74) is 5.53. The number of carbonyl (C=O) groups is 1. The monoisotopic (exact) mass is 250 g/mol. The van der Waals surface area contributed by atoms with E-state index in [-0.39, 0.29) is 22.8 Å². The Morgan fingerprint density at radius 3 is 2.83 bits per heavy atom. The number of benzene rings is 1. The van der Waals surface area contributed by atoms with Crippen molar-refractivity contribution >= 4 is 17.3 Å². The first-order chi connectivity index (χ1) is 8.58. The van der Waals surface area contributed by atoms with Crippen LogP contribution in [0, 0.1) is 16.0 Å². The molecule has 4 N–H and O–H groups in total. The molecule has 1 aliphatic rings. The summed E-state index contributed by atoms with van der Waals surface area (Å²) >= 11 is 0. The lowest BCUT2D eigenvalue weighted by atomic mass is 10.0. The Labute approximate surface area is 104 Å². The molecule has 0 unspecified atom stereocenters. The average Bonchev–Trinajstić information content (AvgIpc) is 2.26. The predicted octanol–water partition coefficient (Wildman–Crippen LogP) is 0.126. The number of nitrogens with two attached hydrogens (primary N) is 1. The standard InChI is InChI=1S/C11H14N4O3/c12-9-2-1-8(3-10(9)15(17)18)11(16)14-6-7-4-13-5-7/h1-3,7,13H,4-6,12H2,(H,14,16). The van der Waals surface area contributed by atoms with E-state index in [1.807, 2.05) is 0 Å². The highest BCUT2D eigenvalue weighted by atomic mass is 16.6. The van der Waals surface area contributed by atoms with E-state index in [0.717, 1.165) is 13.1 Å². The molecule has 0 radical (unpaired) electrons. The lowest BCUT2D eigenvalue weighted by molar-refractivity contribution is -0.383. The fourth-order valence-corrected chi connectivity index (χ4v) is 1.67. The maximum atomic E-state index is 11.8. The van der Waals surface area contributed by atoms with E-state index >= 15 is 0 Å². The topological polar surface area (TPSA) is 110 Å². The van der Waals surface area contributed by atoms with Crippen molar-refractivity contribution in [1.29, 1.82) is 0 Å². The van der Waals surface area contributed by atoms with Crippen LogP contribution in [0.2, 0.25) is 0 Å². The second-order valence-electron chi connectivity index (χ2n) is 4.27. The molecule has 18 heavy (non-hydrogen) atoms. The molecule has 0 bridgehead atoms. The number of hydrogen-bond acceptors (Lipinski definition) is 5. The van der Waals surface area contributed by atoms with Gasteiger partial charge in [-0.1, -0.05) is 0 Å². The Hall–Kier alpha value is -2.15. The van der Waals surface area contributed by atoms with Crippen molar-refractivity contribution in [3.8, 4) is 0 Å². The lowest BCUT2D eigenvalue weighted by Crippen LogP contribution is -2.48. The van der Waals surface area contributed by atoms with Gasteiger partial charge in [0.1, 0.15) is 5.69 Å². The van der Waals surface area contributed by atoms with Gasteiger partial charge < -0.3 is 16.4 Å². The molecule has 0 atom stereocenters. The molecule has 1 aromatic rings. The van der Waals surface area contributed by atoms with Crippen molar-refractivity contribution in [3.63, 3.8) is 0 Å². The van der Waals surface area contributed by atoms with Crippen molar-refractivity contribution in [3.05, 3.63) is 33.9 Å². The van der Waals surface area contributed by atoms with E-state index < -0.39 is 4.92 Å². The summed E-state index contributed by atoms with van der Waals surface area (Å²) in [5, 5.41) is 16.5. The number of nitro benzene ring substituents is 1. The highest BCUT2D eigenvalue weighted by Crippen LogP contribution is 2.22. The summed E-state index contributed by atoms with van der Waals surface area (Å²) in [5.74, 6) is 0.128. The first-order valence-corrected chi connectivity index (χ1v) is 5.60. The van der Waals surface area contributed by atoms with E-state index in [0.29, 0.717) is 12.5 Å². The van der Waals surface area contributed by atoms with Crippen LogP contribution in [0.1, 0.15) is 10.4 Å². The number of rotatable bonds is 4. The van der Waals surface area contributed by atoms with Gasteiger partial charge in [-0.3, -0.25) is 14.9 Å². The van der Waals surface area contributed by atoms with Crippen LogP contribution in [0.25, 0.3) is 0 Å². The van der Waals surface area contributed by atoms with Crippen LogP contribution in [0.5, 0.6) is 0 Å². The van der Waals surface area contributed by atoms with Gasteiger partial charge >= 0.3 is 0 Å². The molecule has 1 amide bonds. The Morgan fingerprint density at radius 2 is 2.28 bits per heavy atom. The van der Waals surface area contributed by atoms with E-state index in [1.54, 1.807) is 0 Å². The van der Waals surface area contributed by atoms with Crippen molar-refractivity contribution in [1.82, 2.24) is 10.6 Å². The zero-order valence-corrected chi connectivity index (χ0v) is 9.68. The number of carbonyl (C=O) groups excluding carboxylic acids is 1. The van der Waals surface area contributed by atoms with Gasteiger partial charge in [0, 0.05) is 37.2 Å². The van der Waals surface area contributed by atoms with E-state index in [2.05, 4.69) is 10.6 Å². The van der Waals surface area contributed by atoms with Gasteiger partial charge in [0.25, 0.3) is 11.6 Å². The van der Waals surface area contributed by atoms with Gasteiger partial charge in [0.15, 0.2) is 0 Å². The molecular formula is C11H14N4O3.